The van der Waals surface area contributed by atoms with Gasteiger partial charge in [-0.3, -0.25) is 0 Å². The van der Waals surface area contributed by atoms with Gasteiger partial charge < -0.3 is 14.8 Å². The summed E-state index contributed by atoms with van der Waals surface area (Å²) in [5.74, 6) is -1.02. The fourth-order valence-corrected chi connectivity index (χ4v) is 5.80. The van der Waals surface area contributed by atoms with Crippen LogP contribution in [0.3, 0.4) is 0 Å². The SMILES string of the molecule is [N-]=[N+]=C(C1(S(=O)O)CCCC1)S(=O)(=O)c1ccccc1OC(F)(F)F. The van der Waals surface area contributed by atoms with E-state index in [0.717, 1.165) is 24.3 Å². The molecule has 12 heteroatoms. The predicted molar refractivity (Wildman–Crippen MR) is 80.9 cm³/mol. The van der Waals surface area contributed by atoms with Crippen molar-refractivity contribution in [2.75, 3.05) is 0 Å². The highest BCUT2D eigenvalue weighted by atomic mass is 32.2. The minimum absolute atomic E-state index is 0.0585. The van der Waals surface area contributed by atoms with Crippen LogP contribution in [0, 0.1) is 0 Å². The minimum Gasteiger partial charge on any atom is -0.404 e. The fourth-order valence-electron chi connectivity index (χ4n) is 2.78. The second-order valence-corrected chi connectivity index (χ2v) is 8.47. The molecule has 1 aliphatic rings. The van der Waals surface area contributed by atoms with E-state index < -0.39 is 47.7 Å². The van der Waals surface area contributed by atoms with Gasteiger partial charge in [-0.1, -0.05) is 25.0 Å². The van der Waals surface area contributed by atoms with Crippen molar-refractivity contribution in [2.24, 2.45) is 0 Å². The Labute approximate surface area is 143 Å². The molecule has 1 aliphatic carbocycles. The second-order valence-electron chi connectivity index (χ2n) is 5.35. The van der Waals surface area contributed by atoms with Crippen LogP contribution in [0.25, 0.3) is 5.53 Å². The molecule has 1 N–H and O–H groups in total. The van der Waals surface area contributed by atoms with E-state index in [1.54, 1.807) is 0 Å². The van der Waals surface area contributed by atoms with Crippen LogP contribution in [0.5, 0.6) is 5.75 Å². The van der Waals surface area contributed by atoms with Gasteiger partial charge in [0.25, 0.3) is 9.84 Å². The molecule has 1 aromatic rings. The molecule has 0 amide bonds. The van der Waals surface area contributed by atoms with Crippen LogP contribution in [0.15, 0.2) is 29.2 Å². The topological polar surface area (TPSA) is 117 Å². The number of benzene rings is 1. The van der Waals surface area contributed by atoms with Crippen molar-refractivity contribution in [3.63, 3.8) is 0 Å². The van der Waals surface area contributed by atoms with Gasteiger partial charge in [0.15, 0.2) is 15.8 Å². The Morgan fingerprint density at radius 2 is 1.84 bits per heavy atom. The third-order valence-electron chi connectivity index (χ3n) is 3.84. The highest BCUT2D eigenvalue weighted by molar-refractivity contribution is 8.08. The van der Waals surface area contributed by atoms with Gasteiger partial charge in [0.1, 0.15) is 10.6 Å². The molecule has 25 heavy (non-hydrogen) atoms. The third kappa shape index (κ3) is 3.76. The van der Waals surface area contributed by atoms with E-state index in [0.29, 0.717) is 12.8 Å². The summed E-state index contributed by atoms with van der Waals surface area (Å²) in [6.07, 6.45) is -4.45. The van der Waals surface area contributed by atoms with E-state index in [9.17, 15) is 35.9 Å². The number of rotatable bonds is 4. The van der Waals surface area contributed by atoms with Gasteiger partial charge in [-0.2, -0.15) is 4.79 Å². The summed E-state index contributed by atoms with van der Waals surface area (Å²) < 4.78 is 86.3. The summed E-state index contributed by atoms with van der Waals surface area (Å²) in [6, 6.07) is 3.91. The van der Waals surface area contributed by atoms with Gasteiger partial charge in [0.2, 0.25) is 0 Å². The lowest BCUT2D eigenvalue weighted by atomic mass is 10.1. The van der Waals surface area contributed by atoms with E-state index in [1.165, 1.54) is 0 Å². The first kappa shape index (κ1) is 19.6. The van der Waals surface area contributed by atoms with Crippen molar-refractivity contribution in [2.45, 2.75) is 41.7 Å². The normalized spacial score (nSPS) is 18.4. The maximum absolute atomic E-state index is 12.8. The zero-order chi connectivity index (χ0) is 18.9. The van der Waals surface area contributed by atoms with E-state index in [2.05, 4.69) is 9.53 Å². The zero-order valence-corrected chi connectivity index (χ0v) is 14.2. The van der Waals surface area contributed by atoms with Gasteiger partial charge in [-0.25, -0.2) is 12.6 Å². The summed E-state index contributed by atoms with van der Waals surface area (Å²) in [6.45, 7) is 0. The predicted octanol–water partition coefficient (Wildman–Crippen LogP) is 2.52. The molecule has 0 aliphatic heterocycles. The number of hydrogen-bond donors (Lipinski definition) is 1. The lowest BCUT2D eigenvalue weighted by molar-refractivity contribution is -0.275. The van der Waals surface area contributed by atoms with Crippen molar-refractivity contribution in [3.05, 3.63) is 29.8 Å². The Kier molecular flexibility index (Phi) is 5.38. The highest BCUT2D eigenvalue weighted by Gasteiger charge is 2.57. The van der Waals surface area contributed by atoms with Crippen molar-refractivity contribution in [3.8, 4) is 5.75 Å². The first-order valence-electron chi connectivity index (χ1n) is 6.98. The molecule has 7 nitrogen and oxygen atoms in total. The average Bonchev–Trinajstić information content (AvgIpc) is 2.97. The highest BCUT2D eigenvalue weighted by Crippen LogP contribution is 2.40. The molecular weight excluding hydrogens is 385 g/mol. The van der Waals surface area contributed by atoms with E-state index in [-0.39, 0.29) is 12.8 Å². The summed E-state index contributed by atoms with van der Waals surface area (Å²) in [4.78, 5) is 1.78. The quantitative estimate of drug-likeness (QED) is 0.275. The van der Waals surface area contributed by atoms with E-state index >= 15 is 0 Å². The standard InChI is InChI=1S/C13H13F3N2O5S2/c14-13(15,16)23-9-5-1-2-6-10(9)25(21,22)11(18-17)12(24(19)20)7-3-4-8-12/h1-2,5-6H,3-4,7-8H2,(H,19,20). The first-order valence-corrected chi connectivity index (χ1v) is 9.57. The maximum atomic E-state index is 12.8. The van der Waals surface area contributed by atoms with E-state index in [1.807, 2.05) is 0 Å². The molecule has 1 saturated carbocycles. The lowest BCUT2D eigenvalue weighted by Gasteiger charge is -2.20. The number of alkyl halides is 3. The molecule has 0 spiro atoms. The number of ether oxygens (including phenoxy) is 1. The van der Waals surface area contributed by atoms with Crippen LogP contribution >= 0.6 is 0 Å². The molecule has 2 rings (SSSR count). The lowest BCUT2D eigenvalue weighted by Crippen LogP contribution is -2.45. The van der Waals surface area contributed by atoms with Gasteiger partial charge in [0, 0.05) is 0 Å². The largest absolute Gasteiger partial charge is 0.573 e. The molecule has 0 aromatic heterocycles. The minimum atomic E-state index is -5.15. The van der Waals surface area contributed by atoms with Crippen molar-refractivity contribution >= 4 is 26.0 Å². The molecular formula is C13H13F3N2O5S2. The summed E-state index contributed by atoms with van der Waals surface area (Å²) in [7, 11) is -4.82. The van der Waals surface area contributed by atoms with Crippen LogP contribution in [0.4, 0.5) is 13.2 Å². The maximum Gasteiger partial charge on any atom is 0.573 e. The van der Waals surface area contributed by atoms with Crippen molar-refractivity contribution in [1.29, 1.82) is 0 Å². The first-order chi connectivity index (χ1) is 11.5. The Balaban J connectivity index is 2.62. The number of sulfone groups is 1. The monoisotopic (exact) mass is 398 g/mol. The summed E-state index contributed by atoms with van der Waals surface area (Å²) >= 11 is -2.71. The Bertz CT molecular complexity index is 841. The number of halogens is 3. The molecule has 0 saturated heterocycles. The molecule has 1 atom stereocenters. The van der Waals surface area contributed by atoms with Crippen LogP contribution in [-0.2, 0) is 20.9 Å². The van der Waals surface area contributed by atoms with Gasteiger partial charge in [-0.15, -0.1) is 13.2 Å². The van der Waals surface area contributed by atoms with Crippen LogP contribution in [0.2, 0.25) is 0 Å². The van der Waals surface area contributed by atoms with Gasteiger partial charge >= 0.3 is 11.4 Å². The molecule has 1 aromatic carbocycles. The smallest absolute Gasteiger partial charge is 0.404 e. The van der Waals surface area contributed by atoms with Crippen molar-refractivity contribution in [1.82, 2.24) is 0 Å². The fraction of sp³-hybridized carbons (Fsp3) is 0.462. The summed E-state index contributed by atoms with van der Waals surface area (Å²) in [5.41, 5.74) is 9.22. The second kappa shape index (κ2) is 6.87. The Morgan fingerprint density at radius 3 is 2.32 bits per heavy atom. The van der Waals surface area contributed by atoms with Crippen LogP contribution in [-0.4, -0.2) is 38.1 Å². The zero-order valence-electron chi connectivity index (χ0n) is 12.6. The molecule has 1 unspecified atom stereocenters. The van der Waals surface area contributed by atoms with E-state index in [4.69, 9.17) is 0 Å². The summed E-state index contributed by atoms with van der Waals surface area (Å²) in [5, 5.41) is -1.04. The number of hydrogen-bond acceptors (Lipinski definition) is 4. The molecule has 0 radical (unpaired) electrons. The molecule has 138 valence electrons. The Morgan fingerprint density at radius 1 is 1.28 bits per heavy atom. The molecule has 1 fully saturated rings. The molecule has 0 bridgehead atoms. The Hall–Kier alpha value is -1.75. The number of para-hydroxylation sites is 1. The van der Waals surface area contributed by atoms with Gasteiger partial charge in [-0.05, 0) is 25.0 Å². The van der Waals surface area contributed by atoms with Crippen LogP contribution < -0.4 is 4.74 Å². The molecule has 0 heterocycles. The number of nitrogens with zero attached hydrogens (tertiary/aromatic N) is 2. The van der Waals surface area contributed by atoms with Crippen LogP contribution in [0.1, 0.15) is 25.7 Å². The van der Waals surface area contributed by atoms with Crippen molar-refractivity contribution < 1.29 is 39.9 Å². The average molecular weight is 398 g/mol. The van der Waals surface area contributed by atoms with Gasteiger partial charge in [0.05, 0.1) is 0 Å². The third-order valence-corrected chi connectivity index (χ3v) is 7.14.